The zero-order chi connectivity index (χ0) is 29.7. The van der Waals surface area contributed by atoms with E-state index in [-0.39, 0.29) is 18.1 Å². The summed E-state index contributed by atoms with van der Waals surface area (Å²) in [5, 5.41) is -1.05. The monoisotopic (exact) mass is 585 g/mol. The summed E-state index contributed by atoms with van der Waals surface area (Å²) in [6.45, 7) is 14.6. The van der Waals surface area contributed by atoms with Gasteiger partial charge in [-0.3, -0.25) is 9.97 Å². The standard InChI is InChI=1S/C30H43N3O5SSi/c1-22-18-32-28(19-31-22)29(38-40(8,9)30(3,4)5)23(2)39(34,35)33(20-24-10-14-26(36-6)15-11-24)21-25-12-16-27(37-7)17-13-25/h10-19,23,29H,20-21H2,1-9H3/t23-,29?/m0/s1. The topological polar surface area (TPSA) is 90.9 Å². The van der Waals surface area contributed by atoms with Crippen LogP contribution in [0.5, 0.6) is 11.5 Å². The number of hydrogen-bond acceptors (Lipinski definition) is 7. The normalized spacial score (nSPS) is 14.2. The van der Waals surface area contributed by atoms with E-state index in [0.717, 1.165) is 16.8 Å². The molecule has 0 aliphatic heterocycles. The van der Waals surface area contributed by atoms with Gasteiger partial charge in [-0.2, -0.15) is 4.31 Å². The highest BCUT2D eigenvalue weighted by Gasteiger charge is 2.44. The first-order valence-electron chi connectivity index (χ1n) is 13.4. The maximum atomic E-state index is 14.5. The Labute approximate surface area is 240 Å². The van der Waals surface area contributed by atoms with Crippen molar-refractivity contribution in [3.63, 3.8) is 0 Å². The van der Waals surface area contributed by atoms with Crippen LogP contribution in [0.1, 0.15) is 56.3 Å². The maximum Gasteiger partial charge on any atom is 0.220 e. The molecule has 1 unspecified atom stereocenters. The number of aryl methyl sites for hydroxylation is 1. The molecule has 0 fully saturated rings. The zero-order valence-electron chi connectivity index (χ0n) is 25.1. The Morgan fingerprint density at radius 1 is 0.850 bits per heavy atom. The van der Waals surface area contributed by atoms with Crippen molar-refractivity contribution in [3.05, 3.63) is 83.4 Å². The predicted molar refractivity (Wildman–Crippen MR) is 161 cm³/mol. The van der Waals surface area contributed by atoms with Gasteiger partial charge in [0.2, 0.25) is 10.0 Å². The summed E-state index contributed by atoms with van der Waals surface area (Å²) in [5.41, 5.74) is 2.97. The van der Waals surface area contributed by atoms with Gasteiger partial charge in [0.15, 0.2) is 8.32 Å². The van der Waals surface area contributed by atoms with Crippen LogP contribution in [0.2, 0.25) is 18.1 Å². The number of sulfonamides is 1. The van der Waals surface area contributed by atoms with Gasteiger partial charge in [-0.15, -0.1) is 0 Å². The second-order valence-corrected chi connectivity index (χ2v) is 18.6. The Morgan fingerprint density at radius 3 is 1.70 bits per heavy atom. The lowest BCUT2D eigenvalue weighted by molar-refractivity contribution is 0.173. The van der Waals surface area contributed by atoms with Gasteiger partial charge in [-0.25, -0.2) is 8.42 Å². The van der Waals surface area contributed by atoms with E-state index in [1.165, 1.54) is 4.31 Å². The summed E-state index contributed by atoms with van der Waals surface area (Å²) in [6, 6.07) is 14.9. The molecule has 1 heterocycles. The van der Waals surface area contributed by atoms with Crippen molar-refractivity contribution in [2.45, 2.75) is 77.2 Å². The summed E-state index contributed by atoms with van der Waals surface area (Å²) < 4.78 is 47.8. The van der Waals surface area contributed by atoms with E-state index >= 15 is 0 Å². The minimum atomic E-state index is -3.90. The number of hydrogen-bond donors (Lipinski definition) is 0. The third kappa shape index (κ3) is 7.69. The summed E-state index contributed by atoms with van der Waals surface area (Å²) in [5.74, 6) is 1.42. The number of methoxy groups -OCH3 is 2. The summed E-state index contributed by atoms with van der Waals surface area (Å²) in [7, 11) is -3.08. The number of rotatable bonds is 12. The molecule has 3 aromatic rings. The molecule has 0 aliphatic rings. The predicted octanol–water partition coefficient (Wildman–Crippen LogP) is 6.29. The Kier molecular flexibility index (Phi) is 10.2. The molecule has 10 heteroatoms. The van der Waals surface area contributed by atoms with Crippen LogP contribution in [0.25, 0.3) is 0 Å². The van der Waals surface area contributed by atoms with Crippen molar-refractivity contribution in [2.24, 2.45) is 0 Å². The van der Waals surface area contributed by atoms with Crippen molar-refractivity contribution in [2.75, 3.05) is 14.2 Å². The highest BCUT2D eigenvalue weighted by Crippen LogP contribution is 2.41. The van der Waals surface area contributed by atoms with E-state index in [0.29, 0.717) is 17.2 Å². The Bertz CT molecular complexity index is 1290. The summed E-state index contributed by atoms with van der Waals surface area (Å²) in [4.78, 5) is 8.98. The lowest BCUT2D eigenvalue weighted by Gasteiger charge is -2.41. The fourth-order valence-electron chi connectivity index (χ4n) is 3.94. The fraction of sp³-hybridized carbons (Fsp3) is 0.467. The molecular weight excluding hydrogens is 542 g/mol. The van der Waals surface area contributed by atoms with Crippen molar-refractivity contribution in [1.82, 2.24) is 14.3 Å². The van der Waals surface area contributed by atoms with E-state index in [1.54, 1.807) is 33.5 Å². The van der Waals surface area contributed by atoms with E-state index < -0.39 is 29.7 Å². The van der Waals surface area contributed by atoms with E-state index in [2.05, 4.69) is 43.8 Å². The molecular formula is C30H43N3O5SSi. The van der Waals surface area contributed by atoms with Crippen molar-refractivity contribution >= 4 is 18.3 Å². The third-order valence-corrected chi connectivity index (χ3v) is 14.2. The minimum Gasteiger partial charge on any atom is -0.497 e. The highest BCUT2D eigenvalue weighted by molar-refractivity contribution is 7.89. The zero-order valence-corrected chi connectivity index (χ0v) is 27.0. The van der Waals surface area contributed by atoms with Crippen LogP contribution < -0.4 is 9.47 Å². The number of ether oxygens (including phenoxy) is 2. The Hall–Kier alpha value is -2.79. The Balaban J connectivity index is 2.05. The van der Waals surface area contributed by atoms with Crippen molar-refractivity contribution in [1.29, 1.82) is 0 Å². The first-order valence-corrected chi connectivity index (χ1v) is 17.8. The lowest BCUT2D eigenvalue weighted by Crippen LogP contribution is -2.47. The lowest BCUT2D eigenvalue weighted by atomic mass is 10.2. The summed E-state index contributed by atoms with van der Waals surface area (Å²) in [6.07, 6.45) is 2.51. The molecule has 218 valence electrons. The van der Waals surface area contributed by atoms with Crippen LogP contribution in [-0.2, 0) is 27.5 Å². The van der Waals surface area contributed by atoms with Gasteiger partial charge in [0.05, 0.1) is 31.8 Å². The average Bonchev–Trinajstić information content (AvgIpc) is 2.91. The first kappa shape index (κ1) is 31.7. The minimum absolute atomic E-state index is 0.126. The third-order valence-electron chi connectivity index (χ3n) is 7.61. The second kappa shape index (κ2) is 12.8. The van der Waals surface area contributed by atoms with Gasteiger partial charge < -0.3 is 13.9 Å². The smallest absolute Gasteiger partial charge is 0.220 e. The highest BCUT2D eigenvalue weighted by atomic mass is 32.2. The molecule has 0 saturated heterocycles. The fourth-order valence-corrected chi connectivity index (χ4v) is 6.98. The second-order valence-electron chi connectivity index (χ2n) is 11.6. The van der Waals surface area contributed by atoms with E-state index in [1.807, 2.05) is 55.5 Å². The average molecular weight is 586 g/mol. The molecule has 0 saturated carbocycles. The van der Waals surface area contributed by atoms with Crippen LogP contribution in [0.3, 0.4) is 0 Å². The molecule has 0 bridgehead atoms. The molecule has 1 aromatic heterocycles. The molecule has 0 N–H and O–H groups in total. The Morgan fingerprint density at radius 2 is 1.32 bits per heavy atom. The van der Waals surface area contributed by atoms with Crippen LogP contribution in [0.4, 0.5) is 0 Å². The van der Waals surface area contributed by atoms with Gasteiger partial charge in [-0.05, 0) is 67.4 Å². The quantitative estimate of drug-likeness (QED) is 0.231. The van der Waals surface area contributed by atoms with Gasteiger partial charge in [-0.1, -0.05) is 45.0 Å². The van der Waals surface area contributed by atoms with Gasteiger partial charge in [0.25, 0.3) is 0 Å². The van der Waals surface area contributed by atoms with Crippen LogP contribution >= 0.6 is 0 Å². The van der Waals surface area contributed by atoms with E-state index in [4.69, 9.17) is 13.9 Å². The van der Waals surface area contributed by atoms with Crippen molar-refractivity contribution < 1.29 is 22.3 Å². The first-order chi connectivity index (χ1) is 18.7. The van der Waals surface area contributed by atoms with Crippen LogP contribution in [0, 0.1) is 6.92 Å². The number of nitrogens with zero attached hydrogens (tertiary/aromatic N) is 3. The number of benzene rings is 2. The molecule has 0 amide bonds. The number of aromatic nitrogens is 2. The molecule has 0 spiro atoms. The maximum absolute atomic E-state index is 14.5. The van der Waals surface area contributed by atoms with E-state index in [9.17, 15) is 8.42 Å². The molecule has 2 atom stereocenters. The largest absolute Gasteiger partial charge is 0.497 e. The van der Waals surface area contributed by atoms with Gasteiger partial charge in [0, 0.05) is 19.3 Å². The molecule has 0 radical (unpaired) electrons. The molecule has 40 heavy (non-hydrogen) atoms. The van der Waals surface area contributed by atoms with Gasteiger partial charge in [0.1, 0.15) is 22.9 Å². The van der Waals surface area contributed by atoms with Gasteiger partial charge >= 0.3 is 0 Å². The molecule has 0 aliphatic carbocycles. The van der Waals surface area contributed by atoms with Crippen molar-refractivity contribution in [3.8, 4) is 11.5 Å². The summed E-state index contributed by atoms with van der Waals surface area (Å²) >= 11 is 0. The molecule has 2 aromatic carbocycles. The SMILES string of the molecule is COc1ccc(CN(Cc2ccc(OC)cc2)S(=O)(=O)[C@@H](C)C(O[Si](C)(C)C(C)(C)C)c2cnc(C)cn2)cc1. The molecule has 3 rings (SSSR count). The molecule has 8 nitrogen and oxygen atoms in total. The van der Waals surface area contributed by atoms with Crippen LogP contribution in [-0.4, -0.2) is 50.5 Å². The van der Waals surface area contributed by atoms with Crippen LogP contribution in [0.15, 0.2) is 60.9 Å².